The lowest BCUT2D eigenvalue weighted by molar-refractivity contribution is -1.00. The summed E-state index contributed by atoms with van der Waals surface area (Å²) in [5.41, 5.74) is -2.05. The molecule has 7 N–H and O–H groups in total. The first-order valence-electron chi connectivity index (χ1n) is 14.2. The van der Waals surface area contributed by atoms with Gasteiger partial charge < -0.3 is 35.3 Å². The minimum atomic E-state index is -1.61. The zero-order chi connectivity index (χ0) is 30.0. The van der Waals surface area contributed by atoms with E-state index < -0.39 is 38.5 Å². The van der Waals surface area contributed by atoms with Crippen molar-refractivity contribution in [1.82, 2.24) is 9.80 Å². The molecule has 4 bridgehead atoms. The van der Waals surface area contributed by atoms with E-state index in [0.717, 1.165) is 60.6 Å². The number of aromatic hydroxyl groups is 1. The van der Waals surface area contributed by atoms with Gasteiger partial charge in [-0.2, -0.15) is 15.7 Å². The first kappa shape index (κ1) is 31.9. The van der Waals surface area contributed by atoms with E-state index >= 15 is 0 Å². The molecule has 5 rings (SSSR count). The first-order valence-corrected chi connectivity index (χ1v) is 14.2. The number of nitrogens with one attached hydrogen (secondary N) is 3. The second-order valence-electron chi connectivity index (χ2n) is 12.4. The molecule has 0 radical (unpaired) electrons. The first-order chi connectivity index (χ1) is 19.4. The largest absolute Gasteiger partial charge is 0.595 e. The maximum Gasteiger partial charge on any atom is 0.247 e. The van der Waals surface area contributed by atoms with Crippen LogP contribution in [0, 0.1) is 63.0 Å². The lowest BCUT2D eigenvalue weighted by Crippen LogP contribution is -3.02. The summed E-state index contributed by atoms with van der Waals surface area (Å²) < 4.78 is 6.43. The molecule has 11 unspecified atom stereocenters. The SMILES string of the molecule is CN(C)CC1C2C=CC(C2)C1COCC1C2C=CC(C2)C1CN(C)C.[O-][NH+](O)c1cc([NH+]([O-])O)c(O)c([NH+]([O-])O)c1. The van der Waals surface area contributed by atoms with Crippen LogP contribution < -0.4 is 15.7 Å². The molecule has 41 heavy (non-hydrogen) atoms. The molecule has 230 valence electrons. The molecule has 13 nitrogen and oxygen atoms in total. The number of benzene rings is 1. The van der Waals surface area contributed by atoms with Crippen LogP contribution in [-0.2, 0) is 4.74 Å². The predicted octanol–water partition coefficient (Wildman–Crippen LogP) is -0.395. The van der Waals surface area contributed by atoms with E-state index in [1.807, 2.05) is 0 Å². The zero-order valence-electron chi connectivity index (χ0n) is 24.1. The predicted molar refractivity (Wildman–Crippen MR) is 149 cm³/mol. The maximum absolute atomic E-state index is 10.6. The van der Waals surface area contributed by atoms with Crippen molar-refractivity contribution in [3.63, 3.8) is 0 Å². The van der Waals surface area contributed by atoms with Gasteiger partial charge in [-0.1, -0.05) is 24.3 Å². The van der Waals surface area contributed by atoms with Gasteiger partial charge in [0.15, 0.2) is 5.69 Å². The number of phenolic OH excluding ortho intramolecular Hbond substituents is 1. The number of rotatable bonds is 11. The molecule has 13 heteroatoms. The molecule has 0 aliphatic heterocycles. The fourth-order valence-electron chi connectivity index (χ4n) is 7.36. The molecule has 11 atom stereocenters. The molecule has 0 amide bonds. The number of allylic oxidation sites excluding steroid dienone is 4. The molecule has 0 aromatic heterocycles. The van der Waals surface area contributed by atoms with Gasteiger partial charge in [0.25, 0.3) is 0 Å². The summed E-state index contributed by atoms with van der Waals surface area (Å²) in [6.07, 6.45) is 12.6. The lowest BCUT2D eigenvalue weighted by atomic mass is 9.82. The van der Waals surface area contributed by atoms with Crippen molar-refractivity contribution in [1.29, 1.82) is 0 Å². The smallest absolute Gasteiger partial charge is 0.247 e. The second kappa shape index (κ2) is 13.5. The summed E-state index contributed by atoms with van der Waals surface area (Å²) in [5, 5.41) is 62.3. The van der Waals surface area contributed by atoms with E-state index in [2.05, 4.69) is 62.3 Å². The summed E-state index contributed by atoms with van der Waals surface area (Å²) >= 11 is 0. The van der Waals surface area contributed by atoms with E-state index in [1.165, 1.54) is 25.9 Å². The lowest BCUT2D eigenvalue weighted by Gasteiger charge is -2.33. The van der Waals surface area contributed by atoms with Gasteiger partial charge in [0.1, 0.15) is 0 Å². The maximum atomic E-state index is 10.6. The molecule has 2 saturated carbocycles. The molecule has 0 heterocycles. The fraction of sp³-hybridized carbons (Fsp3) is 0.643. The summed E-state index contributed by atoms with van der Waals surface area (Å²) in [7, 11) is 8.84. The zero-order valence-corrected chi connectivity index (χ0v) is 24.1. The second-order valence-corrected chi connectivity index (χ2v) is 12.4. The number of ether oxygens (including phenoxy) is 1. The van der Waals surface area contributed by atoms with Gasteiger partial charge in [0.2, 0.25) is 17.1 Å². The van der Waals surface area contributed by atoms with Gasteiger partial charge in [0.05, 0.1) is 25.3 Å². The number of quaternary nitrogens is 3. The van der Waals surface area contributed by atoms with Crippen LogP contribution in [0.3, 0.4) is 0 Å². The van der Waals surface area contributed by atoms with Crippen LogP contribution in [0.25, 0.3) is 0 Å². The third-order valence-corrected chi connectivity index (χ3v) is 9.19. The van der Waals surface area contributed by atoms with Crippen LogP contribution in [0.2, 0.25) is 0 Å². The van der Waals surface area contributed by atoms with Crippen LogP contribution in [-0.4, -0.2) is 85.0 Å². The highest BCUT2D eigenvalue weighted by molar-refractivity contribution is 5.64. The van der Waals surface area contributed by atoms with E-state index in [4.69, 9.17) is 20.4 Å². The van der Waals surface area contributed by atoms with Crippen molar-refractivity contribution in [2.75, 3.05) is 54.5 Å². The standard InChI is InChI=1S/C22H36N2O.C6H9N3O7/c1-23(2)11-19-15-5-7-17(9-15)21(19)13-25-14-22-18-8-6-16(10-18)20(22)12-24(3)4;10-6-4(8(13)14)1-3(7(11)12)2-5(6)9(15)16/h5-8,15-22H,9-14H2,1-4H3;1-2,7-11,13,15H. The normalized spacial score (nSPS) is 33.5. The Morgan fingerprint density at radius 1 is 0.683 bits per heavy atom. The number of fused-ring (bicyclic) bond motifs is 4. The third-order valence-electron chi connectivity index (χ3n) is 9.19. The van der Waals surface area contributed by atoms with Crippen LogP contribution >= 0.6 is 0 Å². The van der Waals surface area contributed by atoms with Gasteiger partial charge in [-0.05, 0) is 88.4 Å². The Balaban J connectivity index is 0.000000210. The highest BCUT2D eigenvalue weighted by Gasteiger charge is 2.46. The molecular formula is C28H45N5O8. The van der Waals surface area contributed by atoms with E-state index in [9.17, 15) is 20.7 Å². The monoisotopic (exact) mass is 579 g/mol. The van der Waals surface area contributed by atoms with Gasteiger partial charge in [-0.25, -0.2) is 15.6 Å². The van der Waals surface area contributed by atoms with Crippen LogP contribution in [0.5, 0.6) is 5.75 Å². The molecule has 0 spiro atoms. The van der Waals surface area contributed by atoms with Crippen molar-refractivity contribution >= 4 is 17.1 Å². The molecule has 1 aromatic carbocycles. The average molecular weight is 580 g/mol. The highest BCUT2D eigenvalue weighted by Crippen LogP contribution is 2.50. The van der Waals surface area contributed by atoms with Crippen molar-refractivity contribution < 1.29 is 41.1 Å². The van der Waals surface area contributed by atoms with Crippen molar-refractivity contribution in [2.45, 2.75) is 12.8 Å². The van der Waals surface area contributed by atoms with Gasteiger partial charge in [0, 0.05) is 13.1 Å². The Kier molecular flexibility index (Phi) is 10.6. The quantitative estimate of drug-likeness (QED) is 0.0790. The van der Waals surface area contributed by atoms with Gasteiger partial charge in [-0.15, -0.1) is 0 Å². The Morgan fingerprint density at radius 3 is 1.37 bits per heavy atom. The Hall–Kier alpha value is -1.98. The van der Waals surface area contributed by atoms with Crippen LogP contribution in [0.1, 0.15) is 12.8 Å². The van der Waals surface area contributed by atoms with E-state index in [1.54, 1.807) is 0 Å². The molecule has 4 aliphatic rings. The topological polar surface area (TPSA) is 179 Å². The van der Waals surface area contributed by atoms with Gasteiger partial charge in [-0.3, -0.25) is 0 Å². The van der Waals surface area contributed by atoms with E-state index in [0.29, 0.717) is 12.1 Å². The highest BCUT2D eigenvalue weighted by atomic mass is 16.8. The number of hydrogen-bond acceptors (Lipinski definition) is 10. The molecule has 4 aliphatic carbocycles. The minimum absolute atomic E-state index is 0.521. The summed E-state index contributed by atoms with van der Waals surface area (Å²) in [5.74, 6) is 5.23. The molecular weight excluding hydrogens is 534 g/mol. The van der Waals surface area contributed by atoms with Crippen LogP contribution in [0.4, 0.5) is 17.1 Å². The van der Waals surface area contributed by atoms with Gasteiger partial charge >= 0.3 is 0 Å². The third kappa shape index (κ3) is 7.33. The Labute approximate surface area is 240 Å². The minimum Gasteiger partial charge on any atom is -0.595 e. The Bertz CT molecular complexity index is 1010. The van der Waals surface area contributed by atoms with Crippen LogP contribution in [0.15, 0.2) is 36.4 Å². The summed E-state index contributed by atoms with van der Waals surface area (Å²) in [6.45, 7) is 4.35. The fourth-order valence-corrected chi connectivity index (χ4v) is 7.36. The van der Waals surface area contributed by atoms with Crippen molar-refractivity contribution in [3.05, 3.63) is 52.1 Å². The van der Waals surface area contributed by atoms with Crippen molar-refractivity contribution in [3.8, 4) is 5.75 Å². The van der Waals surface area contributed by atoms with E-state index in [-0.39, 0.29) is 0 Å². The molecule has 1 aromatic rings. The summed E-state index contributed by atoms with van der Waals surface area (Å²) in [4.78, 5) is 4.72. The number of phenols is 1. The summed E-state index contributed by atoms with van der Waals surface area (Å²) in [6, 6.07) is 1.37. The van der Waals surface area contributed by atoms with Crippen molar-refractivity contribution in [2.24, 2.45) is 47.3 Å². The molecule has 2 fully saturated rings. The number of hydrogen-bond donors (Lipinski definition) is 7. The average Bonchev–Trinajstić information content (AvgIpc) is 3.67. The molecule has 0 saturated heterocycles. The number of nitrogens with zero attached hydrogens (tertiary/aromatic N) is 2. The Morgan fingerprint density at radius 2 is 1.05 bits per heavy atom.